The predicted octanol–water partition coefficient (Wildman–Crippen LogP) is 1.74. The highest BCUT2D eigenvalue weighted by Gasteiger charge is 2.33. The highest BCUT2D eigenvalue weighted by molar-refractivity contribution is 7.92. The standard InChI is InChI=1S/C12H15F2NO3S/c1-8-6-15-10(7-19(8,16)17)9-4-2-3-5-11(9)18-12(13)14/h2-5,8,10,12,15H,6-7H2,1H3. The molecule has 0 aromatic heterocycles. The Hall–Kier alpha value is -1.21. The van der Waals surface area contributed by atoms with Gasteiger partial charge in [-0.15, -0.1) is 0 Å². The fourth-order valence-electron chi connectivity index (χ4n) is 2.06. The van der Waals surface area contributed by atoms with E-state index in [1.807, 2.05) is 0 Å². The van der Waals surface area contributed by atoms with Gasteiger partial charge in [-0.25, -0.2) is 8.42 Å². The molecule has 0 amide bonds. The van der Waals surface area contributed by atoms with Gasteiger partial charge in [0.25, 0.3) is 0 Å². The van der Waals surface area contributed by atoms with E-state index in [-0.39, 0.29) is 11.5 Å². The normalized spacial score (nSPS) is 26.3. The number of hydrogen-bond acceptors (Lipinski definition) is 4. The summed E-state index contributed by atoms with van der Waals surface area (Å²) in [4.78, 5) is 0. The quantitative estimate of drug-likeness (QED) is 0.921. The summed E-state index contributed by atoms with van der Waals surface area (Å²) >= 11 is 0. The molecule has 1 aliphatic rings. The molecule has 7 heteroatoms. The fourth-order valence-corrected chi connectivity index (χ4v) is 3.50. The van der Waals surface area contributed by atoms with Crippen molar-refractivity contribution >= 4 is 9.84 Å². The summed E-state index contributed by atoms with van der Waals surface area (Å²) in [5.41, 5.74) is 0.443. The molecule has 1 saturated heterocycles. The van der Waals surface area contributed by atoms with Crippen molar-refractivity contribution in [2.75, 3.05) is 12.3 Å². The molecule has 2 rings (SSSR count). The van der Waals surface area contributed by atoms with E-state index < -0.39 is 27.7 Å². The molecule has 106 valence electrons. The molecular formula is C12H15F2NO3S. The zero-order valence-electron chi connectivity index (χ0n) is 10.3. The van der Waals surface area contributed by atoms with Gasteiger partial charge in [0.2, 0.25) is 0 Å². The van der Waals surface area contributed by atoms with Crippen LogP contribution in [0.2, 0.25) is 0 Å². The van der Waals surface area contributed by atoms with Crippen molar-refractivity contribution in [1.82, 2.24) is 5.32 Å². The van der Waals surface area contributed by atoms with E-state index in [1.54, 1.807) is 25.1 Å². The van der Waals surface area contributed by atoms with Gasteiger partial charge in [-0.3, -0.25) is 0 Å². The SMILES string of the molecule is CC1CNC(c2ccccc2OC(F)F)CS1(=O)=O. The van der Waals surface area contributed by atoms with Gasteiger partial charge in [0.05, 0.1) is 11.0 Å². The van der Waals surface area contributed by atoms with Gasteiger partial charge in [-0.05, 0) is 13.0 Å². The summed E-state index contributed by atoms with van der Waals surface area (Å²) in [6, 6.07) is 5.73. The Bertz CT molecular complexity index is 548. The Balaban J connectivity index is 2.27. The van der Waals surface area contributed by atoms with Gasteiger partial charge in [0.15, 0.2) is 9.84 Å². The number of halogens is 2. The first-order valence-electron chi connectivity index (χ1n) is 5.89. The molecule has 0 saturated carbocycles. The third-order valence-electron chi connectivity index (χ3n) is 3.17. The molecule has 2 unspecified atom stereocenters. The minimum atomic E-state index is -3.21. The number of rotatable bonds is 3. The molecule has 2 atom stereocenters. The van der Waals surface area contributed by atoms with Gasteiger partial charge in [-0.2, -0.15) is 8.78 Å². The smallest absolute Gasteiger partial charge is 0.387 e. The van der Waals surface area contributed by atoms with Gasteiger partial charge in [-0.1, -0.05) is 18.2 Å². The second kappa shape index (κ2) is 5.42. The number of benzene rings is 1. The molecule has 0 bridgehead atoms. The van der Waals surface area contributed by atoms with Crippen LogP contribution in [0, 0.1) is 0 Å². The number of sulfone groups is 1. The second-order valence-corrected chi connectivity index (χ2v) is 6.98. The van der Waals surface area contributed by atoms with Crippen LogP contribution in [0.1, 0.15) is 18.5 Å². The van der Waals surface area contributed by atoms with Crippen LogP contribution in [0.5, 0.6) is 5.75 Å². The molecule has 1 heterocycles. The summed E-state index contributed by atoms with van der Waals surface area (Å²) in [6.45, 7) is -1.00. The third-order valence-corrected chi connectivity index (χ3v) is 5.36. The minimum absolute atomic E-state index is 0.0137. The lowest BCUT2D eigenvalue weighted by atomic mass is 10.1. The molecular weight excluding hydrogens is 276 g/mol. The average molecular weight is 291 g/mol. The monoisotopic (exact) mass is 291 g/mol. The van der Waals surface area contributed by atoms with Crippen LogP contribution in [0.25, 0.3) is 0 Å². The van der Waals surface area contributed by atoms with E-state index in [2.05, 4.69) is 10.1 Å². The van der Waals surface area contributed by atoms with E-state index in [0.29, 0.717) is 12.1 Å². The number of nitrogens with one attached hydrogen (secondary N) is 1. The molecule has 0 aliphatic carbocycles. The lowest BCUT2D eigenvalue weighted by Gasteiger charge is -2.29. The highest BCUT2D eigenvalue weighted by atomic mass is 32.2. The Morgan fingerprint density at radius 1 is 1.37 bits per heavy atom. The van der Waals surface area contributed by atoms with Gasteiger partial charge in [0.1, 0.15) is 5.75 Å². The largest absolute Gasteiger partial charge is 0.434 e. The molecule has 1 aliphatic heterocycles. The zero-order chi connectivity index (χ0) is 14.0. The lowest BCUT2D eigenvalue weighted by molar-refractivity contribution is -0.0506. The van der Waals surface area contributed by atoms with E-state index in [0.717, 1.165) is 0 Å². The number of alkyl halides is 2. The topological polar surface area (TPSA) is 55.4 Å². The van der Waals surface area contributed by atoms with Crippen molar-refractivity contribution in [2.45, 2.75) is 24.8 Å². The highest BCUT2D eigenvalue weighted by Crippen LogP contribution is 2.30. The number of ether oxygens (including phenoxy) is 1. The maximum Gasteiger partial charge on any atom is 0.387 e. The van der Waals surface area contributed by atoms with Crippen molar-refractivity contribution in [3.8, 4) is 5.75 Å². The number of hydrogen-bond donors (Lipinski definition) is 1. The summed E-state index contributed by atoms with van der Waals surface area (Å²) in [5.74, 6) is -0.0997. The Kier molecular flexibility index (Phi) is 4.05. The molecule has 4 nitrogen and oxygen atoms in total. The van der Waals surface area contributed by atoms with Crippen molar-refractivity contribution in [1.29, 1.82) is 0 Å². The van der Waals surface area contributed by atoms with Crippen LogP contribution in [0.15, 0.2) is 24.3 Å². The summed E-state index contributed by atoms with van der Waals surface area (Å²) in [5, 5.41) is 2.58. The minimum Gasteiger partial charge on any atom is -0.434 e. The van der Waals surface area contributed by atoms with Gasteiger partial charge < -0.3 is 10.1 Å². The maximum absolute atomic E-state index is 12.3. The van der Waals surface area contributed by atoms with Crippen LogP contribution < -0.4 is 10.1 Å². The van der Waals surface area contributed by atoms with Crippen LogP contribution in [-0.4, -0.2) is 32.6 Å². The predicted molar refractivity (Wildman–Crippen MR) is 67.1 cm³/mol. The molecule has 19 heavy (non-hydrogen) atoms. The van der Waals surface area contributed by atoms with E-state index >= 15 is 0 Å². The van der Waals surface area contributed by atoms with Crippen molar-refractivity contribution in [3.05, 3.63) is 29.8 Å². The first-order valence-corrected chi connectivity index (χ1v) is 7.60. The van der Waals surface area contributed by atoms with E-state index in [9.17, 15) is 17.2 Å². The third kappa shape index (κ3) is 3.22. The summed E-state index contributed by atoms with van der Waals surface area (Å²) in [7, 11) is -3.21. The zero-order valence-corrected chi connectivity index (χ0v) is 11.2. The van der Waals surface area contributed by atoms with Crippen molar-refractivity contribution in [3.63, 3.8) is 0 Å². The van der Waals surface area contributed by atoms with Gasteiger partial charge >= 0.3 is 6.61 Å². The van der Waals surface area contributed by atoms with E-state index in [4.69, 9.17) is 0 Å². The van der Waals surface area contributed by atoms with Gasteiger partial charge in [0, 0.05) is 18.2 Å². The Labute approximate surface area is 110 Å². The summed E-state index contributed by atoms with van der Waals surface area (Å²) < 4.78 is 52.8. The number of para-hydroxylation sites is 1. The Morgan fingerprint density at radius 3 is 2.68 bits per heavy atom. The maximum atomic E-state index is 12.3. The van der Waals surface area contributed by atoms with Crippen molar-refractivity contribution in [2.24, 2.45) is 0 Å². The molecule has 1 aromatic carbocycles. The van der Waals surface area contributed by atoms with Crippen molar-refractivity contribution < 1.29 is 21.9 Å². The molecule has 0 radical (unpaired) electrons. The lowest BCUT2D eigenvalue weighted by Crippen LogP contribution is -2.44. The van der Waals surface area contributed by atoms with E-state index in [1.165, 1.54) is 6.07 Å². The van der Waals surface area contributed by atoms with Crippen LogP contribution in [0.4, 0.5) is 8.78 Å². The molecule has 0 spiro atoms. The second-order valence-electron chi connectivity index (χ2n) is 4.52. The summed E-state index contributed by atoms with van der Waals surface area (Å²) in [6.07, 6.45) is 0. The molecule has 1 N–H and O–H groups in total. The average Bonchev–Trinajstić information content (AvgIpc) is 2.33. The van der Waals surface area contributed by atoms with Crippen LogP contribution in [-0.2, 0) is 9.84 Å². The Morgan fingerprint density at radius 2 is 2.05 bits per heavy atom. The van der Waals surface area contributed by atoms with Crippen LogP contribution in [0.3, 0.4) is 0 Å². The first-order chi connectivity index (χ1) is 8.90. The molecule has 1 fully saturated rings. The molecule has 1 aromatic rings. The fraction of sp³-hybridized carbons (Fsp3) is 0.500. The first kappa shape index (κ1) is 14.2. The van der Waals surface area contributed by atoms with Crippen LogP contribution >= 0.6 is 0 Å².